The number of amides is 1. The molecule has 1 aromatic carbocycles. The van der Waals surface area contributed by atoms with Gasteiger partial charge in [0, 0.05) is 31.2 Å². The van der Waals surface area contributed by atoms with E-state index in [1.807, 2.05) is 18.2 Å². The van der Waals surface area contributed by atoms with Gasteiger partial charge in [0.05, 0.1) is 26.7 Å². The maximum absolute atomic E-state index is 12.8. The molecule has 35 heavy (non-hydrogen) atoms. The van der Waals surface area contributed by atoms with Crippen molar-refractivity contribution in [1.29, 1.82) is 0 Å². The Kier molecular flexibility index (Phi) is 8.98. The quantitative estimate of drug-likeness (QED) is 0.548. The van der Waals surface area contributed by atoms with E-state index in [2.05, 4.69) is 32.3 Å². The normalized spacial score (nSPS) is 19.6. The number of hydrogen-bond donors (Lipinski definition) is 1. The number of carbonyl (C=O) groups is 1. The van der Waals surface area contributed by atoms with E-state index in [1.54, 1.807) is 14.2 Å². The minimum atomic E-state index is -0.00280. The largest absolute Gasteiger partial charge is 0.493 e. The van der Waals surface area contributed by atoms with Crippen molar-refractivity contribution in [3.63, 3.8) is 0 Å². The van der Waals surface area contributed by atoms with Crippen LogP contribution in [0.4, 0.5) is 0 Å². The number of piperidine rings is 1. The van der Waals surface area contributed by atoms with E-state index in [9.17, 15) is 4.79 Å². The number of likely N-dealkylation sites (tertiary alicyclic amines) is 1. The average Bonchev–Trinajstić information content (AvgIpc) is 3.37. The molecule has 2 aromatic rings. The summed E-state index contributed by atoms with van der Waals surface area (Å²) in [6.45, 7) is 3.78. The molecule has 1 amide bonds. The van der Waals surface area contributed by atoms with Crippen LogP contribution < -0.4 is 14.8 Å². The smallest absolute Gasteiger partial charge is 0.241 e. The van der Waals surface area contributed by atoms with Crippen LogP contribution in [-0.2, 0) is 11.3 Å². The van der Waals surface area contributed by atoms with Gasteiger partial charge < -0.3 is 24.2 Å². The van der Waals surface area contributed by atoms with Gasteiger partial charge in [-0.05, 0) is 57.5 Å². The summed E-state index contributed by atoms with van der Waals surface area (Å²) in [4.78, 5) is 22.0. The molecule has 192 valence electrons. The highest BCUT2D eigenvalue weighted by Gasteiger charge is 2.27. The molecule has 0 bridgehead atoms. The predicted octanol–water partition coefficient (Wildman–Crippen LogP) is 3.35. The monoisotopic (exact) mass is 485 g/mol. The van der Waals surface area contributed by atoms with Crippen LogP contribution in [0.3, 0.4) is 0 Å². The molecule has 1 saturated heterocycles. The SMILES string of the molecule is COc1ccc(-c2noc(CN3CCC[C@@H](C(=O)NCCN(C)C4CCCCC4)C3)n2)cc1OC. The van der Waals surface area contributed by atoms with E-state index in [-0.39, 0.29) is 11.8 Å². The van der Waals surface area contributed by atoms with Gasteiger partial charge in [0.2, 0.25) is 17.6 Å². The number of ether oxygens (including phenoxy) is 2. The molecule has 0 unspecified atom stereocenters. The van der Waals surface area contributed by atoms with Crippen LogP contribution >= 0.6 is 0 Å². The molecule has 1 aliphatic carbocycles. The first kappa shape index (κ1) is 25.4. The molecule has 1 aliphatic heterocycles. The van der Waals surface area contributed by atoms with Crippen LogP contribution in [0.1, 0.15) is 50.8 Å². The van der Waals surface area contributed by atoms with Gasteiger partial charge in [-0.15, -0.1) is 0 Å². The fourth-order valence-corrected chi connectivity index (χ4v) is 5.22. The number of carbonyl (C=O) groups excluding carboxylic acids is 1. The number of methoxy groups -OCH3 is 2. The van der Waals surface area contributed by atoms with Gasteiger partial charge in [0.15, 0.2) is 11.5 Å². The second-order valence-electron chi connectivity index (χ2n) is 9.72. The number of nitrogens with one attached hydrogen (secondary N) is 1. The van der Waals surface area contributed by atoms with Crippen LogP contribution in [0.15, 0.2) is 22.7 Å². The van der Waals surface area contributed by atoms with Crippen LogP contribution in [0.25, 0.3) is 11.4 Å². The van der Waals surface area contributed by atoms with Gasteiger partial charge in [0.1, 0.15) is 0 Å². The second kappa shape index (κ2) is 12.4. The Bertz CT molecular complexity index is 959. The molecule has 0 radical (unpaired) electrons. The van der Waals surface area contributed by atoms with Gasteiger partial charge in [0.25, 0.3) is 0 Å². The number of benzene rings is 1. The Morgan fingerprint density at radius 1 is 1.14 bits per heavy atom. The Balaban J connectivity index is 1.26. The number of likely N-dealkylation sites (N-methyl/N-ethyl adjacent to an activating group) is 1. The molecule has 4 rings (SSSR count). The predicted molar refractivity (Wildman–Crippen MR) is 133 cm³/mol. The first-order valence-corrected chi connectivity index (χ1v) is 12.8. The Labute approximate surface area is 208 Å². The van der Waals surface area contributed by atoms with Gasteiger partial charge in [-0.1, -0.05) is 24.4 Å². The molecule has 1 atom stereocenters. The Morgan fingerprint density at radius 2 is 1.94 bits per heavy atom. The lowest BCUT2D eigenvalue weighted by Gasteiger charge is -2.32. The van der Waals surface area contributed by atoms with Gasteiger partial charge in [-0.2, -0.15) is 4.98 Å². The molecule has 0 spiro atoms. The number of rotatable bonds is 10. The van der Waals surface area contributed by atoms with Crippen molar-refractivity contribution in [3.05, 3.63) is 24.1 Å². The molecule has 1 aromatic heterocycles. The summed E-state index contributed by atoms with van der Waals surface area (Å²) >= 11 is 0. The zero-order valence-corrected chi connectivity index (χ0v) is 21.3. The zero-order chi connectivity index (χ0) is 24.6. The van der Waals surface area contributed by atoms with E-state index in [0.29, 0.717) is 48.9 Å². The minimum absolute atomic E-state index is 0.00280. The van der Waals surface area contributed by atoms with Crippen LogP contribution in [-0.4, -0.2) is 79.3 Å². The fraction of sp³-hybridized carbons (Fsp3) is 0.654. The molecule has 2 fully saturated rings. The van der Waals surface area contributed by atoms with Crippen LogP contribution in [0.5, 0.6) is 11.5 Å². The van der Waals surface area contributed by atoms with E-state index >= 15 is 0 Å². The third-order valence-electron chi connectivity index (χ3n) is 7.31. The molecular weight excluding hydrogens is 446 g/mol. The Hall–Kier alpha value is -2.65. The van der Waals surface area contributed by atoms with Gasteiger partial charge in [-0.3, -0.25) is 9.69 Å². The summed E-state index contributed by atoms with van der Waals surface area (Å²) in [5.41, 5.74) is 0.798. The van der Waals surface area contributed by atoms with Crippen molar-refractivity contribution in [1.82, 2.24) is 25.3 Å². The molecule has 1 saturated carbocycles. The highest BCUT2D eigenvalue weighted by atomic mass is 16.5. The topological polar surface area (TPSA) is 93.0 Å². The van der Waals surface area contributed by atoms with Crippen molar-refractivity contribution in [2.24, 2.45) is 5.92 Å². The summed E-state index contributed by atoms with van der Waals surface area (Å²) < 4.78 is 16.2. The zero-order valence-electron chi connectivity index (χ0n) is 21.3. The summed E-state index contributed by atoms with van der Waals surface area (Å²) in [5.74, 6) is 2.48. The number of hydrogen-bond acceptors (Lipinski definition) is 8. The number of nitrogens with zero attached hydrogens (tertiary/aromatic N) is 4. The lowest BCUT2D eigenvalue weighted by Crippen LogP contribution is -2.45. The van der Waals surface area contributed by atoms with E-state index in [1.165, 1.54) is 32.1 Å². The van der Waals surface area contributed by atoms with Crippen molar-refractivity contribution in [2.45, 2.75) is 57.5 Å². The third-order valence-corrected chi connectivity index (χ3v) is 7.31. The van der Waals surface area contributed by atoms with Crippen molar-refractivity contribution < 1.29 is 18.8 Å². The van der Waals surface area contributed by atoms with E-state index in [0.717, 1.165) is 31.5 Å². The second-order valence-corrected chi connectivity index (χ2v) is 9.72. The maximum Gasteiger partial charge on any atom is 0.241 e. The molecule has 9 heteroatoms. The third kappa shape index (κ3) is 6.73. The lowest BCUT2D eigenvalue weighted by molar-refractivity contribution is -0.126. The summed E-state index contributed by atoms with van der Waals surface area (Å²) in [6, 6.07) is 6.21. The molecule has 2 aliphatic rings. The highest BCUT2D eigenvalue weighted by Crippen LogP contribution is 2.31. The molecule has 2 heterocycles. The first-order valence-electron chi connectivity index (χ1n) is 12.8. The summed E-state index contributed by atoms with van der Waals surface area (Å²) in [6.07, 6.45) is 8.49. The lowest BCUT2D eigenvalue weighted by atomic mass is 9.94. The average molecular weight is 486 g/mol. The first-order chi connectivity index (χ1) is 17.1. The van der Waals surface area contributed by atoms with Crippen LogP contribution in [0, 0.1) is 5.92 Å². The summed E-state index contributed by atoms with van der Waals surface area (Å²) in [5, 5.41) is 7.31. The van der Waals surface area contributed by atoms with E-state index < -0.39 is 0 Å². The fourth-order valence-electron chi connectivity index (χ4n) is 5.22. The summed E-state index contributed by atoms with van der Waals surface area (Å²) in [7, 11) is 5.39. The van der Waals surface area contributed by atoms with Crippen molar-refractivity contribution in [3.8, 4) is 22.9 Å². The van der Waals surface area contributed by atoms with E-state index in [4.69, 9.17) is 14.0 Å². The van der Waals surface area contributed by atoms with Crippen LogP contribution in [0.2, 0.25) is 0 Å². The standard InChI is InChI=1S/C26H39N5O4/c1-30(21-9-5-4-6-10-21)15-13-27-26(32)20-8-7-14-31(17-20)18-24-28-25(29-35-24)19-11-12-22(33-2)23(16-19)34-3/h11-12,16,20-21H,4-10,13-15,17-18H2,1-3H3,(H,27,32)/t20-/m1/s1. The minimum Gasteiger partial charge on any atom is -0.493 e. The number of aromatic nitrogens is 2. The van der Waals surface area contributed by atoms with Gasteiger partial charge in [-0.25, -0.2) is 0 Å². The van der Waals surface area contributed by atoms with Crippen molar-refractivity contribution >= 4 is 5.91 Å². The van der Waals surface area contributed by atoms with Crippen molar-refractivity contribution in [2.75, 3.05) is 47.4 Å². The molecular formula is C26H39N5O4. The van der Waals surface area contributed by atoms with Gasteiger partial charge >= 0.3 is 0 Å². The highest BCUT2D eigenvalue weighted by molar-refractivity contribution is 5.78. The maximum atomic E-state index is 12.8. The molecule has 9 nitrogen and oxygen atoms in total. The Morgan fingerprint density at radius 3 is 2.71 bits per heavy atom. The molecule has 1 N–H and O–H groups in total.